The van der Waals surface area contributed by atoms with Crippen molar-refractivity contribution in [3.05, 3.63) is 12.0 Å². The first-order valence-electron chi connectivity index (χ1n) is 9.66. The fourth-order valence-corrected chi connectivity index (χ4v) is 4.63. The first-order chi connectivity index (χ1) is 12.1. The summed E-state index contributed by atoms with van der Waals surface area (Å²) in [7, 11) is 0. The van der Waals surface area contributed by atoms with Crippen LogP contribution < -0.4 is 4.90 Å². The number of anilines is 1. The Balaban J connectivity index is 1.41. The van der Waals surface area contributed by atoms with E-state index in [1.54, 1.807) is 6.33 Å². The molecule has 0 aromatic carbocycles. The molecule has 1 unspecified atom stereocenters. The second-order valence-corrected chi connectivity index (χ2v) is 8.17. The van der Waals surface area contributed by atoms with Crippen molar-refractivity contribution >= 4 is 16.9 Å². The Labute approximate surface area is 149 Å². The second-order valence-electron chi connectivity index (χ2n) is 8.17. The molecule has 136 valence electrons. The minimum atomic E-state index is 0.605. The highest BCUT2D eigenvalue weighted by molar-refractivity contribution is 5.87. The number of nitrogens with zero attached hydrogens (tertiary/aromatic N) is 5. The van der Waals surface area contributed by atoms with Crippen molar-refractivity contribution < 1.29 is 4.52 Å². The molecule has 25 heavy (non-hydrogen) atoms. The van der Waals surface area contributed by atoms with Crippen molar-refractivity contribution in [3.63, 3.8) is 0 Å². The van der Waals surface area contributed by atoms with E-state index in [9.17, 15) is 0 Å². The number of hydrogen-bond donors (Lipinski definition) is 0. The van der Waals surface area contributed by atoms with Gasteiger partial charge in [0.1, 0.15) is 17.5 Å². The first kappa shape index (κ1) is 16.8. The van der Waals surface area contributed by atoms with E-state index in [-0.39, 0.29) is 0 Å². The van der Waals surface area contributed by atoms with Gasteiger partial charge in [0.05, 0.1) is 5.69 Å². The molecule has 1 atom stereocenters. The van der Waals surface area contributed by atoms with E-state index in [2.05, 4.69) is 38.8 Å². The maximum atomic E-state index is 5.30. The monoisotopic (exact) mass is 343 g/mol. The average molecular weight is 343 g/mol. The largest absolute Gasteiger partial charge is 0.356 e. The molecule has 2 aromatic rings. The van der Waals surface area contributed by atoms with Crippen molar-refractivity contribution in [1.82, 2.24) is 20.0 Å². The fourth-order valence-electron chi connectivity index (χ4n) is 4.63. The van der Waals surface area contributed by atoms with Crippen LogP contribution in [0.15, 0.2) is 10.9 Å². The summed E-state index contributed by atoms with van der Waals surface area (Å²) < 4.78 is 5.30. The number of hydrogen-bond acceptors (Lipinski definition) is 6. The standard InChI is InChI=1S/C19H29N5O/c1-13(2)10-23-7-4-15(5-8-23)16-6-9-24(11-16)18-17-14(3)22-25-19(17)21-12-20-18/h12-13,15-16H,4-11H2,1-3H3. The summed E-state index contributed by atoms with van der Waals surface area (Å²) in [5, 5.41) is 5.04. The molecule has 2 fully saturated rings. The van der Waals surface area contributed by atoms with Crippen molar-refractivity contribution in [2.45, 2.75) is 40.0 Å². The lowest BCUT2D eigenvalue weighted by Crippen LogP contribution is -2.38. The van der Waals surface area contributed by atoms with E-state index in [1.807, 2.05) is 6.92 Å². The molecule has 4 rings (SSSR count). The maximum Gasteiger partial charge on any atom is 0.263 e. The Bertz CT molecular complexity index is 720. The number of aromatic nitrogens is 3. The molecule has 4 heterocycles. The molecule has 0 bridgehead atoms. The SMILES string of the molecule is Cc1noc2ncnc(N3CCC(C4CCN(CC(C)C)CC4)C3)c12. The number of fused-ring (bicyclic) bond motifs is 1. The van der Waals surface area contributed by atoms with Gasteiger partial charge in [0.25, 0.3) is 5.71 Å². The molecule has 2 aliphatic rings. The van der Waals surface area contributed by atoms with Gasteiger partial charge in [-0.05, 0) is 57.0 Å². The third-order valence-electron chi connectivity index (χ3n) is 5.87. The summed E-state index contributed by atoms with van der Waals surface area (Å²) in [4.78, 5) is 13.8. The lowest BCUT2D eigenvalue weighted by atomic mass is 9.83. The number of aryl methyl sites for hydroxylation is 1. The van der Waals surface area contributed by atoms with E-state index in [0.29, 0.717) is 5.71 Å². The molecule has 0 N–H and O–H groups in total. The zero-order valence-electron chi connectivity index (χ0n) is 15.6. The van der Waals surface area contributed by atoms with Crippen LogP contribution in [0.25, 0.3) is 11.1 Å². The van der Waals surface area contributed by atoms with Crippen LogP contribution >= 0.6 is 0 Å². The molecule has 6 nitrogen and oxygen atoms in total. The third-order valence-corrected chi connectivity index (χ3v) is 5.87. The van der Waals surface area contributed by atoms with Gasteiger partial charge in [-0.1, -0.05) is 19.0 Å². The number of piperidine rings is 1. The normalized spacial score (nSPS) is 23.2. The van der Waals surface area contributed by atoms with Crippen LogP contribution in [0.3, 0.4) is 0 Å². The van der Waals surface area contributed by atoms with E-state index < -0.39 is 0 Å². The van der Waals surface area contributed by atoms with Crippen LogP contribution in [0, 0.1) is 24.7 Å². The van der Waals surface area contributed by atoms with Gasteiger partial charge < -0.3 is 14.3 Å². The molecule has 2 saturated heterocycles. The Morgan fingerprint density at radius 2 is 1.88 bits per heavy atom. The summed E-state index contributed by atoms with van der Waals surface area (Å²) in [6.45, 7) is 12.6. The van der Waals surface area contributed by atoms with E-state index in [4.69, 9.17) is 4.52 Å². The minimum Gasteiger partial charge on any atom is -0.356 e. The molecule has 6 heteroatoms. The highest BCUT2D eigenvalue weighted by atomic mass is 16.5. The predicted molar refractivity (Wildman–Crippen MR) is 98.7 cm³/mol. The van der Waals surface area contributed by atoms with Gasteiger partial charge >= 0.3 is 0 Å². The molecule has 0 spiro atoms. The van der Waals surface area contributed by atoms with Crippen LogP contribution in [0.5, 0.6) is 0 Å². The topological polar surface area (TPSA) is 58.3 Å². The van der Waals surface area contributed by atoms with Gasteiger partial charge in [0.2, 0.25) is 0 Å². The molecule has 0 aliphatic carbocycles. The Morgan fingerprint density at radius 1 is 1.12 bits per heavy atom. The summed E-state index contributed by atoms with van der Waals surface area (Å²) in [6.07, 6.45) is 5.55. The summed E-state index contributed by atoms with van der Waals surface area (Å²) in [5.74, 6) is 3.41. The van der Waals surface area contributed by atoms with Gasteiger partial charge in [-0.25, -0.2) is 4.98 Å². The number of rotatable bonds is 4. The average Bonchev–Trinajstić information content (AvgIpc) is 3.23. The lowest BCUT2D eigenvalue weighted by molar-refractivity contribution is 0.141. The van der Waals surface area contributed by atoms with Crippen molar-refractivity contribution in [1.29, 1.82) is 0 Å². The number of likely N-dealkylation sites (tertiary alicyclic amines) is 1. The van der Waals surface area contributed by atoms with Gasteiger partial charge in [0, 0.05) is 19.6 Å². The van der Waals surface area contributed by atoms with Gasteiger partial charge in [-0.2, -0.15) is 4.98 Å². The smallest absolute Gasteiger partial charge is 0.263 e. The van der Waals surface area contributed by atoms with E-state index >= 15 is 0 Å². The summed E-state index contributed by atoms with van der Waals surface area (Å²) in [6, 6.07) is 0. The molecular weight excluding hydrogens is 314 g/mol. The Kier molecular flexibility index (Phi) is 4.63. The zero-order chi connectivity index (χ0) is 17.4. The lowest BCUT2D eigenvalue weighted by Gasteiger charge is -2.35. The Hall–Kier alpha value is -1.69. The Morgan fingerprint density at radius 3 is 2.64 bits per heavy atom. The predicted octanol–water partition coefficient (Wildman–Crippen LogP) is 3.12. The molecule has 0 amide bonds. The minimum absolute atomic E-state index is 0.605. The van der Waals surface area contributed by atoms with Crippen LogP contribution in [0.4, 0.5) is 5.82 Å². The van der Waals surface area contributed by atoms with Gasteiger partial charge in [0.15, 0.2) is 0 Å². The summed E-state index contributed by atoms with van der Waals surface area (Å²) in [5.41, 5.74) is 1.49. The molecule has 2 aliphatic heterocycles. The zero-order valence-corrected chi connectivity index (χ0v) is 15.6. The highest BCUT2D eigenvalue weighted by Gasteiger charge is 2.33. The van der Waals surface area contributed by atoms with E-state index in [0.717, 1.165) is 47.7 Å². The van der Waals surface area contributed by atoms with Crippen LogP contribution in [-0.4, -0.2) is 52.7 Å². The van der Waals surface area contributed by atoms with Crippen LogP contribution in [0.1, 0.15) is 38.8 Å². The molecule has 0 radical (unpaired) electrons. The van der Waals surface area contributed by atoms with Crippen molar-refractivity contribution in [2.24, 2.45) is 17.8 Å². The van der Waals surface area contributed by atoms with Crippen molar-refractivity contribution in [2.75, 3.05) is 37.6 Å². The van der Waals surface area contributed by atoms with Crippen molar-refractivity contribution in [3.8, 4) is 0 Å². The third kappa shape index (κ3) is 3.36. The molecule has 0 saturated carbocycles. The van der Waals surface area contributed by atoms with Gasteiger partial charge in [-0.3, -0.25) is 0 Å². The summed E-state index contributed by atoms with van der Waals surface area (Å²) >= 11 is 0. The quantitative estimate of drug-likeness (QED) is 0.850. The highest BCUT2D eigenvalue weighted by Crippen LogP contribution is 2.35. The van der Waals surface area contributed by atoms with Gasteiger partial charge in [-0.15, -0.1) is 0 Å². The fraction of sp³-hybridized carbons (Fsp3) is 0.737. The van der Waals surface area contributed by atoms with Crippen LogP contribution in [0.2, 0.25) is 0 Å². The molecular formula is C19H29N5O. The maximum absolute atomic E-state index is 5.30. The second kappa shape index (κ2) is 6.90. The van der Waals surface area contributed by atoms with Crippen LogP contribution in [-0.2, 0) is 0 Å². The molecule has 2 aromatic heterocycles. The van der Waals surface area contributed by atoms with E-state index in [1.165, 1.54) is 38.9 Å². The first-order valence-corrected chi connectivity index (χ1v) is 9.66.